The highest BCUT2D eigenvalue weighted by Crippen LogP contribution is 2.24. The van der Waals surface area contributed by atoms with E-state index in [1.165, 1.54) is 302 Å². The molecule has 1 amide bonds. The van der Waals surface area contributed by atoms with Crippen molar-refractivity contribution in [3.63, 3.8) is 0 Å². The number of unbranched alkanes of at least 4 members (excludes halogenated alkanes) is 50. The van der Waals surface area contributed by atoms with Gasteiger partial charge in [0.05, 0.1) is 32.0 Å². The summed E-state index contributed by atoms with van der Waals surface area (Å²) in [5, 5.41) is 54.5. The van der Waals surface area contributed by atoms with E-state index in [4.69, 9.17) is 14.2 Å². The number of hydrogen-bond donors (Lipinski definition) is 6. The molecule has 1 aliphatic heterocycles. The van der Waals surface area contributed by atoms with Crippen LogP contribution in [0, 0.1) is 0 Å². The maximum absolute atomic E-state index is 13.1. The van der Waals surface area contributed by atoms with Gasteiger partial charge in [0.2, 0.25) is 5.91 Å². The average molecular weight is 1290 g/mol. The van der Waals surface area contributed by atoms with E-state index in [2.05, 4.69) is 55.6 Å². The Balaban J connectivity index is 1.91. The Hall–Kier alpha value is -2.38. The molecule has 0 bridgehead atoms. The Morgan fingerprint density at radius 1 is 0.407 bits per heavy atom. The Bertz CT molecular complexity index is 1650. The van der Waals surface area contributed by atoms with Crippen molar-refractivity contribution in [3.8, 4) is 0 Å². The van der Waals surface area contributed by atoms with Crippen molar-refractivity contribution in [1.29, 1.82) is 0 Å². The van der Waals surface area contributed by atoms with Gasteiger partial charge in [-0.25, -0.2) is 0 Å². The fourth-order valence-corrected chi connectivity index (χ4v) is 12.5. The SMILES string of the molecule is CCCCCCCC/C=C/CC/C=C/C(O)C(COC1OC(CO)C(O)C(O)C1O)NC(=O)CCCCCCCCCCCCCCCCCCC/C=C\C/C=C\CCCCCCCCCCCCCCCCCOC(=O)CCCCCCCCCCCCCC. The summed E-state index contributed by atoms with van der Waals surface area (Å²) in [6.45, 7) is 4.36. The van der Waals surface area contributed by atoms with Gasteiger partial charge in [-0.15, -0.1) is 0 Å². The Labute approximate surface area is 561 Å². The molecule has 0 aromatic carbocycles. The van der Waals surface area contributed by atoms with E-state index in [1.54, 1.807) is 6.08 Å². The van der Waals surface area contributed by atoms with Gasteiger partial charge in [-0.05, 0) is 77.0 Å². The third kappa shape index (κ3) is 57.6. The topological polar surface area (TPSA) is 175 Å². The molecule has 7 atom stereocenters. The van der Waals surface area contributed by atoms with Crippen LogP contribution in [0.3, 0.4) is 0 Å². The molecule has 11 heteroatoms. The molecular weight excluding hydrogens is 1130 g/mol. The van der Waals surface area contributed by atoms with E-state index in [-0.39, 0.29) is 18.5 Å². The third-order valence-electron chi connectivity index (χ3n) is 18.7. The van der Waals surface area contributed by atoms with Crippen LogP contribution in [0.15, 0.2) is 48.6 Å². The molecule has 0 spiro atoms. The van der Waals surface area contributed by atoms with Crippen molar-refractivity contribution in [2.45, 2.75) is 429 Å². The first-order valence-corrected chi connectivity index (χ1v) is 39.4. The standard InChI is InChI=1S/C80H149NO10/c1-3-5-7-9-11-13-15-46-50-54-58-62-66-73(83)72(71-90-80-79(88)78(87)77(86)74(70-82)91-80)81-75(84)67-63-59-55-51-47-44-42-40-38-36-34-32-30-28-26-24-22-20-18-17-19-21-23-25-27-29-31-33-35-37-39-41-43-45-49-53-57-61-65-69-89-76(85)68-64-60-56-52-48-16-14-12-10-8-6-4-2/h17-18,21,23,46,50,62,66,72-74,77-80,82-83,86-88H,3-16,19-20,22,24-45,47-49,51-61,63-65,67-71H2,1-2H3,(H,81,84)/b18-17-,23-21-,50-46+,66-62+. The average Bonchev–Trinajstić information content (AvgIpc) is 1.37. The lowest BCUT2D eigenvalue weighted by Crippen LogP contribution is -2.60. The summed E-state index contributed by atoms with van der Waals surface area (Å²) in [5.74, 6) is -0.172. The number of hydrogen-bond acceptors (Lipinski definition) is 10. The highest BCUT2D eigenvalue weighted by molar-refractivity contribution is 5.76. The van der Waals surface area contributed by atoms with Crippen LogP contribution in [0.2, 0.25) is 0 Å². The molecule has 91 heavy (non-hydrogen) atoms. The largest absolute Gasteiger partial charge is 0.466 e. The molecule has 0 saturated carbocycles. The Kier molecular flexibility index (Phi) is 65.7. The number of carbonyl (C=O) groups is 2. The van der Waals surface area contributed by atoms with Crippen molar-refractivity contribution in [3.05, 3.63) is 48.6 Å². The predicted octanol–water partition coefficient (Wildman–Crippen LogP) is 21.1. The van der Waals surface area contributed by atoms with Crippen LogP contribution in [0.5, 0.6) is 0 Å². The van der Waals surface area contributed by atoms with Gasteiger partial charge < -0.3 is 45.1 Å². The molecule has 7 unspecified atom stereocenters. The lowest BCUT2D eigenvalue weighted by Gasteiger charge is -2.40. The molecule has 1 heterocycles. The summed E-state index contributed by atoms with van der Waals surface area (Å²) in [6, 6.07) is -0.825. The Morgan fingerprint density at radius 3 is 1.15 bits per heavy atom. The molecule has 1 rings (SSSR count). The highest BCUT2D eigenvalue weighted by Gasteiger charge is 2.44. The molecule has 0 aromatic rings. The van der Waals surface area contributed by atoms with E-state index in [0.29, 0.717) is 19.4 Å². The van der Waals surface area contributed by atoms with E-state index >= 15 is 0 Å². The van der Waals surface area contributed by atoms with Crippen LogP contribution in [0.4, 0.5) is 0 Å². The van der Waals surface area contributed by atoms with Gasteiger partial charge in [-0.2, -0.15) is 0 Å². The van der Waals surface area contributed by atoms with Crippen molar-refractivity contribution in [2.75, 3.05) is 19.8 Å². The number of aliphatic hydroxyl groups is 5. The highest BCUT2D eigenvalue weighted by atomic mass is 16.7. The fraction of sp³-hybridized carbons (Fsp3) is 0.875. The maximum Gasteiger partial charge on any atom is 0.305 e. The molecule has 1 aliphatic rings. The molecule has 534 valence electrons. The lowest BCUT2D eigenvalue weighted by molar-refractivity contribution is -0.302. The van der Waals surface area contributed by atoms with E-state index in [0.717, 1.165) is 57.8 Å². The lowest BCUT2D eigenvalue weighted by atomic mass is 9.99. The number of carbonyl (C=O) groups excluding carboxylic acids is 2. The molecule has 0 radical (unpaired) electrons. The zero-order valence-corrected chi connectivity index (χ0v) is 59.6. The second kappa shape index (κ2) is 69.0. The normalized spacial score (nSPS) is 17.8. The second-order valence-electron chi connectivity index (χ2n) is 27.4. The number of rotatable bonds is 70. The van der Waals surface area contributed by atoms with E-state index < -0.39 is 49.5 Å². The molecule has 0 aromatic heterocycles. The number of ether oxygens (including phenoxy) is 3. The zero-order chi connectivity index (χ0) is 65.8. The molecule has 6 N–H and O–H groups in total. The maximum atomic E-state index is 13.1. The first-order chi connectivity index (χ1) is 44.7. The van der Waals surface area contributed by atoms with Crippen LogP contribution in [0.25, 0.3) is 0 Å². The van der Waals surface area contributed by atoms with Crippen molar-refractivity contribution < 1.29 is 49.3 Å². The molecular formula is C80H149NO10. The summed E-state index contributed by atoms with van der Waals surface area (Å²) in [6.07, 6.45) is 81.5. The number of amides is 1. The van der Waals surface area contributed by atoms with Gasteiger partial charge in [0.15, 0.2) is 6.29 Å². The van der Waals surface area contributed by atoms with E-state index in [1.807, 2.05) is 6.08 Å². The summed E-state index contributed by atoms with van der Waals surface area (Å²) < 4.78 is 16.7. The van der Waals surface area contributed by atoms with Gasteiger partial charge in [0, 0.05) is 12.8 Å². The first kappa shape index (κ1) is 86.6. The zero-order valence-electron chi connectivity index (χ0n) is 59.6. The minimum atomic E-state index is -1.58. The molecule has 1 saturated heterocycles. The van der Waals surface area contributed by atoms with Gasteiger partial charge in [-0.3, -0.25) is 9.59 Å². The van der Waals surface area contributed by atoms with Crippen LogP contribution in [-0.4, -0.2) is 100 Å². The number of esters is 1. The molecule has 1 fully saturated rings. The Morgan fingerprint density at radius 2 is 0.747 bits per heavy atom. The predicted molar refractivity (Wildman–Crippen MR) is 384 cm³/mol. The summed E-state index contributed by atoms with van der Waals surface area (Å²) in [5.41, 5.74) is 0. The number of aliphatic hydroxyl groups excluding tert-OH is 5. The van der Waals surface area contributed by atoms with Gasteiger partial charge in [0.25, 0.3) is 0 Å². The van der Waals surface area contributed by atoms with Crippen LogP contribution >= 0.6 is 0 Å². The van der Waals surface area contributed by atoms with Crippen LogP contribution < -0.4 is 5.32 Å². The molecule has 11 nitrogen and oxygen atoms in total. The summed E-state index contributed by atoms with van der Waals surface area (Å²) in [4.78, 5) is 25.1. The van der Waals surface area contributed by atoms with Gasteiger partial charge in [0.1, 0.15) is 24.4 Å². The van der Waals surface area contributed by atoms with Crippen LogP contribution in [-0.2, 0) is 23.8 Å². The van der Waals surface area contributed by atoms with Gasteiger partial charge in [-0.1, -0.05) is 345 Å². The van der Waals surface area contributed by atoms with Crippen molar-refractivity contribution >= 4 is 11.9 Å². The minimum absolute atomic E-state index is 0.0155. The van der Waals surface area contributed by atoms with Crippen molar-refractivity contribution in [2.24, 2.45) is 0 Å². The quantitative estimate of drug-likeness (QED) is 0.0195. The molecule has 0 aliphatic carbocycles. The van der Waals surface area contributed by atoms with Gasteiger partial charge >= 0.3 is 5.97 Å². The van der Waals surface area contributed by atoms with E-state index in [9.17, 15) is 35.1 Å². The number of nitrogens with one attached hydrogen (secondary N) is 1. The van der Waals surface area contributed by atoms with Crippen molar-refractivity contribution in [1.82, 2.24) is 5.32 Å². The van der Waals surface area contributed by atoms with Crippen LogP contribution in [0.1, 0.15) is 386 Å². The monoisotopic (exact) mass is 1280 g/mol. The minimum Gasteiger partial charge on any atom is -0.466 e. The smallest absolute Gasteiger partial charge is 0.305 e. The summed E-state index contributed by atoms with van der Waals surface area (Å²) in [7, 11) is 0. The first-order valence-electron chi connectivity index (χ1n) is 39.4. The number of allylic oxidation sites excluding steroid dienone is 7. The second-order valence-corrected chi connectivity index (χ2v) is 27.4. The third-order valence-corrected chi connectivity index (χ3v) is 18.7. The summed E-state index contributed by atoms with van der Waals surface area (Å²) >= 11 is 0. The fourth-order valence-electron chi connectivity index (χ4n) is 12.5.